The Morgan fingerprint density at radius 3 is 2.76 bits per heavy atom. The van der Waals surface area contributed by atoms with Gasteiger partial charge in [0, 0.05) is 16.8 Å². The number of carbonyl (C=O) groups is 1. The molecule has 0 amide bonds. The first-order valence-electron chi connectivity index (χ1n) is 5.08. The van der Waals surface area contributed by atoms with Crippen molar-refractivity contribution < 1.29 is 14.3 Å². The molecule has 1 heterocycles. The maximum Gasteiger partial charge on any atom is 0.325 e. The summed E-state index contributed by atoms with van der Waals surface area (Å²) in [7, 11) is 0. The summed E-state index contributed by atoms with van der Waals surface area (Å²) < 4.78 is 14.9. The summed E-state index contributed by atoms with van der Waals surface area (Å²) in [4.78, 5) is 10.6. The summed E-state index contributed by atoms with van der Waals surface area (Å²) in [5.41, 5.74) is 1.68. The Morgan fingerprint density at radius 2 is 2.12 bits per heavy atom. The Kier molecular flexibility index (Phi) is 2.91. The van der Waals surface area contributed by atoms with E-state index >= 15 is 0 Å². The maximum absolute atomic E-state index is 13.6. The van der Waals surface area contributed by atoms with Crippen molar-refractivity contribution >= 4 is 5.97 Å². The summed E-state index contributed by atoms with van der Waals surface area (Å²) in [5, 5.41) is 12.6. The third-order valence-electron chi connectivity index (χ3n) is 2.55. The molecule has 2 aromatic rings. The van der Waals surface area contributed by atoms with Crippen LogP contribution in [-0.4, -0.2) is 20.9 Å². The van der Waals surface area contributed by atoms with Crippen molar-refractivity contribution in [1.82, 2.24) is 9.78 Å². The SMILES string of the molecule is Cc1c(-c2ccccc2F)cnn1CC(=O)O. The van der Waals surface area contributed by atoms with Gasteiger partial charge >= 0.3 is 5.97 Å². The summed E-state index contributed by atoms with van der Waals surface area (Å²) >= 11 is 0. The Labute approximate surface area is 97.3 Å². The van der Waals surface area contributed by atoms with Gasteiger partial charge in [0.1, 0.15) is 12.4 Å². The topological polar surface area (TPSA) is 55.1 Å². The molecule has 1 N–H and O–H groups in total. The van der Waals surface area contributed by atoms with Gasteiger partial charge in [-0.1, -0.05) is 18.2 Å². The molecule has 0 atom stereocenters. The summed E-state index contributed by atoms with van der Waals surface area (Å²) in [5.74, 6) is -1.32. The van der Waals surface area contributed by atoms with Gasteiger partial charge < -0.3 is 5.11 Å². The first-order valence-corrected chi connectivity index (χ1v) is 5.08. The Morgan fingerprint density at radius 1 is 1.41 bits per heavy atom. The van der Waals surface area contributed by atoms with Gasteiger partial charge in [0.25, 0.3) is 0 Å². The second-order valence-corrected chi connectivity index (χ2v) is 3.67. The molecule has 1 aromatic carbocycles. The number of carboxylic acids is 1. The fraction of sp³-hybridized carbons (Fsp3) is 0.167. The van der Waals surface area contributed by atoms with E-state index < -0.39 is 5.97 Å². The molecule has 0 fully saturated rings. The van der Waals surface area contributed by atoms with Crippen LogP contribution in [0.25, 0.3) is 11.1 Å². The monoisotopic (exact) mass is 234 g/mol. The Bertz CT molecular complexity index is 563. The second-order valence-electron chi connectivity index (χ2n) is 3.67. The van der Waals surface area contributed by atoms with E-state index in [0.29, 0.717) is 16.8 Å². The number of rotatable bonds is 3. The van der Waals surface area contributed by atoms with Gasteiger partial charge in [-0.15, -0.1) is 0 Å². The summed E-state index contributed by atoms with van der Waals surface area (Å²) in [6.07, 6.45) is 1.48. The van der Waals surface area contributed by atoms with Crippen LogP contribution in [0.4, 0.5) is 4.39 Å². The van der Waals surface area contributed by atoms with Gasteiger partial charge in [0.15, 0.2) is 0 Å². The average molecular weight is 234 g/mol. The molecule has 88 valence electrons. The molecule has 0 saturated carbocycles. The molecule has 1 aromatic heterocycles. The molecule has 2 rings (SSSR count). The van der Waals surface area contributed by atoms with E-state index in [1.54, 1.807) is 25.1 Å². The van der Waals surface area contributed by atoms with Gasteiger partial charge in [0.2, 0.25) is 0 Å². The van der Waals surface area contributed by atoms with Crippen LogP contribution in [0.3, 0.4) is 0 Å². The minimum atomic E-state index is -0.976. The van der Waals surface area contributed by atoms with Crippen molar-refractivity contribution in [1.29, 1.82) is 0 Å². The molecular weight excluding hydrogens is 223 g/mol. The highest BCUT2D eigenvalue weighted by atomic mass is 19.1. The number of nitrogens with zero attached hydrogens (tertiary/aromatic N) is 2. The third kappa shape index (κ3) is 2.18. The van der Waals surface area contributed by atoms with Crippen LogP contribution in [0.1, 0.15) is 5.69 Å². The molecule has 0 spiro atoms. The van der Waals surface area contributed by atoms with Crippen LogP contribution in [0.2, 0.25) is 0 Å². The number of hydrogen-bond acceptors (Lipinski definition) is 2. The first kappa shape index (κ1) is 11.3. The lowest BCUT2D eigenvalue weighted by Crippen LogP contribution is -2.11. The maximum atomic E-state index is 13.6. The molecule has 0 saturated heterocycles. The number of halogens is 1. The Hall–Kier alpha value is -2.17. The van der Waals surface area contributed by atoms with E-state index in [1.807, 2.05) is 0 Å². The van der Waals surface area contributed by atoms with Crippen LogP contribution in [0.5, 0.6) is 0 Å². The van der Waals surface area contributed by atoms with Crippen molar-refractivity contribution in [3.8, 4) is 11.1 Å². The normalized spacial score (nSPS) is 10.5. The molecule has 0 aliphatic carbocycles. The lowest BCUT2D eigenvalue weighted by molar-refractivity contribution is -0.137. The summed E-state index contributed by atoms with van der Waals surface area (Å²) in [6.45, 7) is 1.50. The molecule has 0 aliphatic heterocycles. The number of carboxylic acid groups (broad SMARTS) is 1. The fourth-order valence-corrected chi connectivity index (χ4v) is 1.68. The van der Waals surface area contributed by atoms with Gasteiger partial charge in [-0.3, -0.25) is 9.48 Å². The number of hydrogen-bond donors (Lipinski definition) is 1. The van der Waals surface area contributed by atoms with E-state index in [0.717, 1.165) is 0 Å². The van der Waals surface area contributed by atoms with Crippen molar-refractivity contribution in [2.24, 2.45) is 0 Å². The van der Waals surface area contributed by atoms with E-state index in [9.17, 15) is 9.18 Å². The van der Waals surface area contributed by atoms with Gasteiger partial charge in [-0.2, -0.15) is 5.10 Å². The smallest absolute Gasteiger partial charge is 0.325 e. The zero-order chi connectivity index (χ0) is 12.4. The number of aromatic nitrogens is 2. The van der Waals surface area contributed by atoms with Crippen molar-refractivity contribution in [3.63, 3.8) is 0 Å². The molecule has 17 heavy (non-hydrogen) atoms. The minimum absolute atomic E-state index is 0.222. The lowest BCUT2D eigenvalue weighted by Gasteiger charge is -2.03. The highest BCUT2D eigenvalue weighted by Gasteiger charge is 2.13. The lowest BCUT2D eigenvalue weighted by atomic mass is 10.1. The van der Waals surface area contributed by atoms with Crippen molar-refractivity contribution in [3.05, 3.63) is 42.0 Å². The summed E-state index contributed by atoms with van der Waals surface area (Å²) in [6, 6.07) is 6.34. The molecule has 0 aliphatic rings. The van der Waals surface area contributed by atoms with Crippen molar-refractivity contribution in [2.45, 2.75) is 13.5 Å². The van der Waals surface area contributed by atoms with Crippen LogP contribution in [-0.2, 0) is 11.3 Å². The van der Waals surface area contributed by atoms with Gasteiger partial charge in [-0.25, -0.2) is 4.39 Å². The van der Waals surface area contributed by atoms with E-state index in [4.69, 9.17) is 5.11 Å². The van der Waals surface area contributed by atoms with Crippen LogP contribution < -0.4 is 0 Å². The highest BCUT2D eigenvalue weighted by molar-refractivity contribution is 5.69. The van der Waals surface area contributed by atoms with Crippen molar-refractivity contribution in [2.75, 3.05) is 0 Å². The third-order valence-corrected chi connectivity index (χ3v) is 2.55. The minimum Gasteiger partial charge on any atom is -0.480 e. The predicted octanol–water partition coefficient (Wildman–Crippen LogP) is 2.08. The van der Waals surface area contributed by atoms with Crippen LogP contribution in [0, 0.1) is 12.7 Å². The zero-order valence-electron chi connectivity index (χ0n) is 9.22. The molecule has 0 radical (unpaired) electrons. The van der Waals surface area contributed by atoms with E-state index in [1.165, 1.54) is 16.9 Å². The standard InChI is InChI=1S/C12H11FN2O2/c1-8-10(6-14-15(8)7-12(16)17)9-4-2-3-5-11(9)13/h2-6H,7H2,1H3,(H,16,17). The van der Waals surface area contributed by atoms with E-state index in [-0.39, 0.29) is 12.4 Å². The van der Waals surface area contributed by atoms with E-state index in [2.05, 4.69) is 5.10 Å². The Balaban J connectivity index is 2.44. The second kappa shape index (κ2) is 4.37. The average Bonchev–Trinajstić information content (AvgIpc) is 2.61. The molecular formula is C12H11FN2O2. The molecule has 0 unspecified atom stereocenters. The molecule has 4 nitrogen and oxygen atoms in total. The quantitative estimate of drug-likeness (QED) is 0.884. The molecule has 5 heteroatoms. The van der Waals surface area contributed by atoms with Gasteiger partial charge in [0.05, 0.1) is 6.20 Å². The van der Waals surface area contributed by atoms with Gasteiger partial charge in [-0.05, 0) is 13.0 Å². The molecule has 0 bridgehead atoms. The predicted molar refractivity (Wildman–Crippen MR) is 60.0 cm³/mol. The number of aliphatic carboxylic acids is 1. The highest BCUT2D eigenvalue weighted by Crippen LogP contribution is 2.25. The first-order chi connectivity index (χ1) is 8.09. The largest absolute Gasteiger partial charge is 0.480 e. The number of benzene rings is 1. The van der Waals surface area contributed by atoms with Crippen LogP contribution >= 0.6 is 0 Å². The zero-order valence-corrected chi connectivity index (χ0v) is 9.22. The van der Waals surface area contributed by atoms with Crippen LogP contribution in [0.15, 0.2) is 30.5 Å². The fourth-order valence-electron chi connectivity index (χ4n) is 1.68.